The van der Waals surface area contributed by atoms with E-state index in [2.05, 4.69) is 0 Å². The third-order valence-corrected chi connectivity index (χ3v) is 8.23. The van der Waals surface area contributed by atoms with Crippen molar-refractivity contribution < 1.29 is 38.0 Å². The van der Waals surface area contributed by atoms with Gasteiger partial charge in [-0.3, -0.25) is 4.57 Å². The van der Waals surface area contributed by atoms with Gasteiger partial charge in [-0.1, -0.05) is 121 Å². The number of ether oxygens (including phenoxy) is 5. The highest BCUT2D eigenvalue weighted by Gasteiger charge is 2.50. The molecule has 1 aliphatic heterocycles. The number of benzene rings is 4. The van der Waals surface area contributed by atoms with Crippen molar-refractivity contribution in [2.24, 2.45) is 0 Å². The Morgan fingerprint density at radius 1 is 0.523 bits per heavy atom. The summed E-state index contributed by atoms with van der Waals surface area (Å²) in [6.07, 6.45) is -4.41. The van der Waals surface area contributed by atoms with E-state index < -0.39 is 44.3 Å². The zero-order chi connectivity index (χ0) is 30.6. The van der Waals surface area contributed by atoms with E-state index in [-0.39, 0.29) is 26.4 Å². The Morgan fingerprint density at radius 2 is 0.886 bits per heavy atom. The van der Waals surface area contributed by atoms with Gasteiger partial charge in [0.25, 0.3) is 0 Å². The summed E-state index contributed by atoms with van der Waals surface area (Å²) in [6, 6.07) is 38.9. The highest BCUT2D eigenvalue weighted by atomic mass is 31.2. The van der Waals surface area contributed by atoms with E-state index in [4.69, 9.17) is 23.7 Å². The molecule has 0 radical (unpaired) electrons. The Morgan fingerprint density at radius 3 is 1.30 bits per heavy atom. The molecule has 0 saturated carbocycles. The van der Waals surface area contributed by atoms with Gasteiger partial charge in [-0.25, -0.2) is 0 Å². The lowest BCUT2D eigenvalue weighted by molar-refractivity contribution is -0.268. The minimum Gasteiger partial charge on any atom is -0.374 e. The van der Waals surface area contributed by atoms with Crippen molar-refractivity contribution >= 4 is 7.60 Å². The summed E-state index contributed by atoms with van der Waals surface area (Å²) in [5.74, 6) is 0. The monoisotopic (exact) mass is 618 g/mol. The van der Waals surface area contributed by atoms with Gasteiger partial charge in [-0.2, -0.15) is 0 Å². The molecule has 0 aliphatic carbocycles. The van der Waals surface area contributed by atoms with Crippen LogP contribution in [-0.4, -0.2) is 53.1 Å². The minimum absolute atomic E-state index is 0.128. The fraction of sp³-hybridized carbons (Fsp3) is 0.314. The quantitative estimate of drug-likeness (QED) is 0.159. The maximum atomic E-state index is 12.4. The average molecular weight is 619 g/mol. The molecule has 2 N–H and O–H groups in total. The van der Waals surface area contributed by atoms with Crippen molar-refractivity contribution in [3.05, 3.63) is 144 Å². The minimum atomic E-state index is -4.50. The number of hydrogen-bond donors (Lipinski definition) is 2. The van der Waals surface area contributed by atoms with Crippen LogP contribution < -0.4 is 0 Å². The van der Waals surface area contributed by atoms with Gasteiger partial charge in [0.15, 0.2) is 0 Å². The van der Waals surface area contributed by atoms with E-state index in [1.54, 1.807) is 0 Å². The first-order valence-corrected chi connectivity index (χ1v) is 16.5. The summed E-state index contributed by atoms with van der Waals surface area (Å²) in [5.41, 5.74) is 3.83. The zero-order valence-corrected chi connectivity index (χ0v) is 25.4. The van der Waals surface area contributed by atoms with Gasteiger partial charge in [0, 0.05) is 0 Å². The molecule has 1 aliphatic rings. The summed E-state index contributed by atoms with van der Waals surface area (Å²) >= 11 is 0. The Bertz CT molecular complexity index is 1420. The molecule has 4 aromatic carbocycles. The molecule has 0 aromatic heterocycles. The smallest absolute Gasteiger partial charge is 0.328 e. The van der Waals surface area contributed by atoms with Gasteiger partial charge in [-0.05, 0) is 22.3 Å². The fourth-order valence-electron chi connectivity index (χ4n) is 5.27. The molecule has 4 aromatic rings. The van der Waals surface area contributed by atoms with Crippen LogP contribution in [-0.2, 0) is 54.7 Å². The Kier molecular flexibility index (Phi) is 11.9. The van der Waals surface area contributed by atoms with Crippen molar-refractivity contribution in [3.63, 3.8) is 0 Å². The molecule has 0 unspecified atom stereocenters. The standard InChI is InChI=1S/C35H39O8P/c36-44(37,38)26-32-34(41-23-29-17-9-3-10-18-29)35(42-24-30-19-11-4-12-20-30)33(40-22-28-15-7-2-8-16-28)31(43-32)25-39-21-27-13-5-1-6-14-27/h1-20,31-35H,21-26H2,(H2,36,37,38)/t31-,32-,33-,34+,35-/m1/s1. The van der Waals surface area contributed by atoms with Crippen LogP contribution in [0.25, 0.3) is 0 Å². The molecule has 5 rings (SSSR count). The first-order valence-electron chi connectivity index (χ1n) is 14.7. The van der Waals surface area contributed by atoms with Gasteiger partial charge >= 0.3 is 7.60 Å². The van der Waals surface area contributed by atoms with Crippen LogP contribution in [0.2, 0.25) is 0 Å². The van der Waals surface area contributed by atoms with Crippen LogP contribution in [0, 0.1) is 0 Å². The second-order valence-corrected chi connectivity index (χ2v) is 12.5. The van der Waals surface area contributed by atoms with E-state index in [1.807, 2.05) is 121 Å². The van der Waals surface area contributed by atoms with E-state index >= 15 is 0 Å². The molecule has 0 amide bonds. The molecule has 44 heavy (non-hydrogen) atoms. The zero-order valence-electron chi connectivity index (χ0n) is 24.5. The third-order valence-electron chi connectivity index (χ3n) is 7.40. The first kappa shape index (κ1) is 32.2. The van der Waals surface area contributed by atoms with Crippen LogP contribution in [0.3, 0.4) is 0 Å². The number of hydrogen-bond acceptors (Lipinski definition) is 6. The predicted molar refractivity (Wildman–Crippen MR) is 167 cm³/mol. The Hall–Kier alpha value is -3.17. The lowest BCUT2D eigenvalue weighted by atomic mass is 9.94. The second-order valence-electron chi connectivity index (χ2n) is 10.8. The number of rotatable bonds is 15. The average Bonchev–Trinajstić information content (AvgIpc) is 3.04. The van der Waals surface area contributed by atoms with Gasteiger partial charge in [0.05, 0.1) is 45.3 Å². The van der Waals surface area contributed by atoms with Crippen LogP contribution in [0.4, 0.5) is 0 Å². The normalized spacial score (nSPS) is 22.1. The fourth-order valence-corrected chi connectivity index (χ4v) is 6.03. The first-order chi connectivity index (χ1) is 21.4. The molecular weight excluding hydrogens is 579 g/mol. The molecule has 8 nitrogen and oxygen atoms in total. The van der Waals surface area contributed by atoms with Crippen LogP contribution in [0.1, 0.15) is 22.3 Å². The van der Waals surface area contributed by atoms with E-state index in [1.165, 1.54) is 0 Å². The molecule has 5 atom stereocenters. The van der Waals surface area contributed by atoms with Crippen molar-refractivity contribution in [2.75, 3.05) is 12.8 Å². The van der Waals surface area contributed by atoms with Gasteiger partial charge in [0.1, 0.15) is 24.4 Å². The van der Waals surface area contributed by atoms with E-state index in [9.17, 15) is 14.4 Å². The Labute approximate surface area is 258 Å². The van der Waals surface area contributed by atoms with E-state index in [0.29, 0.717) is 6.61 Å². The van der Waals surface area contributed by atoms with Gasteiger partial charge in [0.2, 0.25) is 0 Å². The summed E-state index contributed by atoms with van der Waals surface area (Å²) in [5, 5.41) is 0. The summed E-state index contributed by atoms with van der Waals surface area (Å²) in [4.78, 5) is 20.1. The topological polar surface area (TPSA) is 104 Å². The molecule has 1 saturated heterocycles. The van der Waals surface area contributed by atoms with Gasteiger partial charge in [-0.15, -0.1) is 0 Å². The molecule has 9 heteroatoms. The lowest BCUT2D eigenvalue weighted by Gasteiger charge is -2.46. The largest absolute Gasteiger partial charge is 0.374 e. The predicted octanol–water partition coefficient (Wildman–Crippen LogP) is 5.90. The molecule has 1 fully saturated rings. The lowest BCUT2D eigenvalue weighted by Crippen LogP contribution is -2.62. The second kappa shape index (κ2) is 16.2. The molecule has 0 spiro atoms. The van der Waals surface area contributed by atoms with E-state index in [0.717, 1.165) is 22.3 Å². The van der Waals surface area contributed by atoms with Crippen LogP contribution >= 0.6 is 7.60 Å². The summed E-state index contributed by atoms with van der Waals surface area (Å²) in [6.45, 7) is 1.21. The highest BCUT2D eigenvalue weighted by molar-refractivity contribution is 7.51. The van der Waals surface area contributed by atoms with Crippen molar-refractivity contribution in [2.45, 2.75) is 56.9 Å². The summed E-state index contributed by atoms with van der Waals surface area (Å²) in [7, 11) is -4.50. The van der Waals surface area contributed by atoms with Gasteiger partial charge < -0.3 is 33.5 Å². The maximum Gasteiger partial charge on any atom is 0.328 e. The van der Waals surface area contributed by atoms with Crippen molar-refractivity contribution in [1.82, 2.24) is 0 Å². The maximum absolute atomic E-state index is 12.4. The SMILES string of the molecule is O=P(O)(O)C[C@H]1O[C@H](COCc2ccccc2)[C@@H](OCc2ccccc2)[C@@H](OCc2ccccc2)[C@H]1OCc1ccccc1. The molecule has 1 heterocycles. The highest BCUT2D eigenvalue weighted by Crippen LogP contribution is 2.41. The third kappa shape index (κ3) is 9.92. The van der Waals surface area contributed by atoms with Crippen LogP contribution in [0.15, 0.2) is 121 Å². The molecular formula is C35H39O8P. The Balaban J connectivity index is 1.44. The molecule has 0 bridgehead atoms. The summed E-state index contributed by atoms with van der Waals surface area (Å²) < 4.78 is 44.4. The van der Waals surface area contributed by atoms with Crippen LogP contribution in [0.5, 0.6) is 0 Å². The van der Waals surface area contributed by atoms with Crippen molar-refractivity contribution in [3.8, 4) is 0 Å². The van der Waals surface area contributed by atoms with Crippen molar-refractivity contribution in [1.29, 1.82) is 0 Å². The molecule has 232 valence electrons.